The first-order chi connectivity index (χ1) is 9.43. The molecular formula is C10H8F3N5OS. The molecule has 0 spiro atoms. The number of hydrogen-bond donors (Lipinski definition) is 3. The number of nitrogens with zero attached hydrogens (tertiary/aromatic N) is 2. The van der Waals surface area contributed by atoms with E-state index in [-0.39, 0.29) is 5.56 Å². The highest BCUT2D eigenvalue weighted by Gasteiger charge is 2.35. The zero-order valence-electron chi connectivity index (χ0n) is 9.73. The predicted octanol–water partition coefficient (Wildman–Crippen LogP) is 2.09. The Balaban J connectivity index is 2.39. The van der Waals surface area contributed by atoms with E-state index in [1.807, 2.05) is 5.43 Å². The summed E-state index contributed by atoms with van der Waals surface area (Å²) < 4.78 is 42.0. The number of rotatable bonds is 3. The van der Waals surface area contributed by atoms with Gasteiger partial charge in [-0.25, -0.2) is 0 Å². The lowest BCUT2D eigenvalue weighted by atomic mass is 10.1. The highest BCUT2D eigenvalue weighted by Crippen LogP contribution is 2.36. The maximum Gasteiger partial charge on any atom is 0.418 e. The van der Waals surface area contributed by atoms with Crippen molar-refractivity contribution in [1.82, 2.24) is 9.59 Å². The smallest absolute Gasteiger partial charge is 0.323 e. The third kappa shape index (κ3) is 2.86. The second-order valence-corrected chi connectivity index (χ2v) is 4.39. The van der Waals surface area contributed by atoms with Crippen molar-refractivity contribution in [2.45, 2.75) is 6.18 Å². The molecule has 0 saturated heterocycles. The third-order valence-electron chi connectivity index (χ3n) is 2.36. The van der Waals surface area contributed by atoms with Gasteiger partial charge in [-0.1, -0.05) is 10.6 Å². The number of carbonyl (C=O) groups is 1. The molecule has 1 heterocycles. The predicted molar refractivity (Wildman–Crippen MR) is 67.1 cm³/mol. The van der Waals surface area contributed by atoms with E-state index < -0.39 is 23.3 Å². The Kier molecular flexibility index (Phi) is 3.86. The fourth-order valence-electron chi connectivity index (χ4n) is 1.53. The van der Waals surface area contributed by atoms with E-state index >= 15 is 0 Å². The molecule has 0 bridgehead atoms. The molecule has 106 valence electrons. The molecule has 1 aromatic carbocycles. The van der Waals surface area contributed by atoms with Gasteiger partial charge in [0.2, 0.25) is 0 Å². The van der Waals surface area contributed by atoms with E-state index in [9.17, 15) is 18.0 Å². The van der Waals surface area contributed by atoms with Gasteiger partial charge in [-0.3, -0.25) is 10.6 Å². The standard InChI is InChI=1S/C10H8F3N5OS/c11-10(12,13)6-3-1-2-5(8(6)17-14)9(19)16-7-4-15-18-20-7/h1-4,17H,14H2,(H,16,19). The van der Waals surface area contributed by atoms with Crippen molar-refractivity contribution in [3.63, 3.8) is 0 Å². The minimum absolute atomic E-state index is 0.226. The molecule has 2 aromatic rings. The summed E-state index contributed by atoms with van der Waals surface area (Å²) >= 11 is 0.902. The number of nitrogens with two attached hydrogens (primary N) is 1. The van der Waals surface area contributed by atoms with E-state index in [1.54, 1.807) is 0 Å². The van der Waals surface area contributed by atoms with E-state index in [1.165, 1.54) is 12.3 Å². The molecule has 0 aliphatic carbocycles. The topological polar surface area (TPSA) is 92.9 Å². The van der Waals surface area contributed by atoms with Crippen LogP contribution in [0, 0.1) is 0 Å². The van der Waals surface area contributed by atoms with Gasteiger partial charge in [-0.2, -0.15) is 13.2 Å². The summed E-state index contributed by atoms with van der Waals surface area (Å²) in [5.74, 6) is 4.37. The van der Waals surface area contributed by atoms with Crippen LogP contribution in [-0.4, -0.2) is 15.5 Å². The van der Waals surface area contributed by atoms with Crippen LogP contribution in [-0.2, 0) is 6.18 Å². The summed E-state index contributed by atoms with van der Waals surface area (Å²) in [6.07, 6.45) is -3.34. The summed E-state index contributed by atoms with van der Waals surface area (Å²) in [4.78, 5) is 11.9. The molecule has 0 radical (unpaired) electrons. The van der Waals surface area contributed by atoms with Crippen LogP contribution in [0.1, 0.15) is 15.9 Å². The molecule has 1 aromatic heterocycles. The third-order valence-corrected chi connectivity index (χ3v) is 2.94. The summed E-state index contributed by atoms with van der Waals surface area (Å²) in [5.41, 5.74) is 0.187. The number of alkyl halides is 3. The first kappa shape index (κ1) is 14.2. The molecule has 0 aliphatic rings. The molecule has 10 heteroatoms. The number of hydrazine groups is 1. The zero-order valence-corrected chi connectivity index (χ0v) is 10.5. The Morgan fingerprint density at radius 2 is 2.10 bits per heavy atom. The molecule has 1 amide bonds. The molecule has 0 fully saturated rings. The number of amides is 1. The highest BCUT2D eigenvalue weighted by atomic mass is 32.1. The summed E-state index contributed by atoms with van der Waals surface area (Å²) in [6, 6.07) is 3.19. The SMILES string of the molecule is NNc1c(C(=O)Nc2cnns2)cccc1C(F)(F)F. The number of para-hydroxylation sites is 1. The van der Waals surface area contributed by atoms with Gasteiger partial charge in [-0.05, 0) is 12.1 Å². The van der Waals surface area contributed by atoms with Crippen LogP contribution in [0.2, 0.25) is 0 Å². The van der Waals surface area contributed by atoms with Crippen molar-refractivity contribution < 1.29 is 18.0 Å². The van der Waals surface area contributed by atoms with Crippen molar-refractivity contribution in [1.29, 1.82) is 0 Å². The van der Waals surface area contributed by atoms with Crippen LogP contribution in [0.4, 0.5) is 23.9 Å². The minimum Gasteiger partial charge on any atom is -0.323 e. The van der Waals surface area contributed by atoms with E-state index in [4.69, 9.17) is 5.84 Å². The molecule has 0 saturated carbocycles. The lowest BCUT2D eigenvalue weighted by molar-refractivity contribution is -0.137. The quantitative estimate of drug-likeness (QED) is 0.596. The minimum atomic E-state index is -4.62. The van der Waals surface area contributed by atoms with Crippen molar-refractivity contribution in [2.75, 3.05) is 10.7 Å². The molecule has 2 rings (SSSR count). The summed E-state index contributed by atoms with van der Waals surface area (Å²) in [5, 5.41) is 6.20. The molecule has 0 unspecified atom stereocenters. The summed E-state index contributed by atoms with van der Waals surface area (Å²) in [7, 11) is 0. The number of anilines is 2. The second kappa shape index (κ2) is 5.43. The molecule has 0 atom stereocenters. The Morgan fingerprint density at radius 3 is 2.65 bits per heavy atom. The van der Waals surface area contributed by atoms with Crippen LogP contribution in [0.25, 0.3) is 0 Å². The Hall–Kier alpha value is -2.20. The van der Waals surface area contributed by atoms with Crippen molar-refractivity contribution >= 4 is 28.1 Å². The Labute approximate surface area is 114 Å². The number of nitrogens with one attached hydrogen (secondary N) is 2. The fraction of sp³-hybridized carbons (Fsp3) is 0.100. The van der Waals surface area contributed by atoms with E-state index in [0.29, 0.717) is 5.00 Å². The van der Waals surface area contributed by atoms with Gasteiger partial charge >= 0.3 is 6.18 Å². The maximum absolute atomic E-state index is 12.8. The second-order valence-electron chi connectivity index (χ2n) is 3.61. The molecule has 4 N–H and O–H groups in total. The van der Waals surface area contributed by atoms with E-state index in [2.05, 4.69) is 14.9 Å². The van der Waals surface area contributed by atoms with Gasteiger partial charge in [0.15, 0.2) is 0 Å². The Bertz CT molecular complexity index is 614. The first-order valence-corrected chi connectivity index (χ1v) is 5.96. The number of nitrogen functional groups attached to an aromatic ring is 1. The number of halogens is 3. The normalized spacial score (nSPS) is 11.2. The van der Waals surface area contributed by atoms with Crippen molar-refractivity contribution in [2.24, 2.45) is 5.84 Å². The number of hydrogen-bond acceptors (Lipinski definition) is 6. The van der Waals surface area contributed by atoms with E-state index in [0.717, 1.165) is 23.7 Å². The monoisotopic (exact) mass is 303 g/mol. The maximum atomic E-state index is 12.8. The summed E-state index contributed by atoms with van der Waals surface area (Å²) in [6.45, 7) is 0. The van der Waals surface area contributed by atoms with Crippen molar-refractivity contribution in [3.8, 4) is 0 Å². The first-order valence-electron chi connectivity index (χ1n) is 5.19. The molecular weight excluding hydrogens is 295 g/mol. The van der Waals surface area contributed by atoms with Crippen LogP contribution in [0.15, 0.2) is 24.4 Å². The average molecular weight is 303 g/mol. The van der Waals surface area contributed by atoms with Gasteiger partial charge in [-0.15, -0.1) is 5.10 Å². The van der Waals surface area contributed by atoms with Crippen LogP contribution >= 0.6 is 11.5 Å². The number of benzene rings is 1. The van der Waals surface area contributed by atoms with Gasteiger partial charge in [0.25, 0.3) is 5.91 Å². The van der Waals surface area contributed by atoms with Gasteiger partial charge in [0.1, 0.15) is 5.00 Å². The number of aromatic nitrogens is 2. The van der Waals surface area contributed by atoms with Crippen molar-refractivity contribution in [3.05, 3.63) is 35.5 Å². The molecule has 6 nitrogen and oxygen atoms in total. The van der Waals surface area contributed by atoms with Gasteiger partial charge < -0.3 is 10.7 Å². The van der Waals surface area contributed by atoms with Crippen LogP contribution in [0.5, 0.6) is 0 Å². The lowest BCUT2D eigenvalue weighted by Gasteiger charge is -2.15. The lowest BCUT2D eigenvalue weighted by Crippen LogP contribution is -2.21. The Morgan fingerprint density at radius 1 is 1.35 bits per heavy atom. The zero-order chi connectivity index (χ0) is 14.8. The fourth-order valence-corrected chi connectivity index (χ4v) is 1.95. The molecule has 20 heavy (non-hydrogen) atoms. The largest absolute Gasteiger partial charge is 0.418 e. The van der Waals surface area contributed by atoms with Crippen LogP contribution < -0.4 is 16.6 Å². The van der Waals surface area contributed by atoms with Crippen LogP contribution in [0.3, 0.4) is 0 Å². The highest BCUT2D eigenvalue weighted by molar-refractivity contribution is 7.10. The average Bonchev–Trinajstić information content (AvgIpc) is 2.89. The number of carbonyl (C=O) groups excluding carboxylic acids is 1. The van der Waals surface area contributed by atoms with Gasteiger partial charge in [0.05, 0.1) is 23.0 Å². The molecule has 0 aliphatic heterocycles. The van der Waals surface area contributed by atoms with Gasteiger partial charge in [0, 0.05) is 11.5 Å².